The Hall–Kier alpha value is -2.27. The summed E-state index contributed by atoms with van der Waals surface area (Å²) in [4.78, 5) is 21.8. The zero-order chi connectivity index (χ0) is 19.4. The first-order valence-corrected chi connectivity index (χ1v) is 8.06. The maximum absolute atomic E-state index is 12.6. The summed E-state index contributed by atoms with van der Waals surface area (Å²) in [5, 5.41) is 2.04. The fraction of sp³-hybridized carbons (Fsp3) is 0.231. The maximum atomic E-state index is 12.6. The lowest BCUT2D eigenvalue weighted by Gasteiger charge is -2.13. The van der Waals surface area contributed by atoms with E-state index in [2.05, 4.69) is 14.8 Å². The number of sulfone groups is 1. The molecule has 1 aromatic carbocycles. The van der Waals surface area contributed by atoms with Gasteiger partial charge < -0.3 is 14.8 Å². The molecule has 0 radical (unpaired) electrons. The first-order valence-electron chi connectivity index (χ1n) is 6.20. The number of rotatable bonds is 5. The fourth-order valence-electron chi connectivity index (χ4n) is 1.48. The molecular formula is C13H11ClF3NO6S. The van der Waals surface area contributed by atoms with Gasteiger partial charge in [0.25, 0.3) is 9.84 Å². The van der Waals surface area contributed by atoms with Crippen LogP contribution in [0.3, 0.4) is 0 Å². The monoisotopic (exact) mass is 401 g/mol. The molecule has 138 valence electrons. The molecule has 0 fully saturated rings. The summed E-state index contributed by atoms with van der Waals surface area (Å²) in [5.41, 5.74) is -6.42. The summed E-state index contributed by atoms with van der Waals surface area (Å²) in [6, 6.07) is 2.10. The van der Waals surface area contributed by atoms with Crippen molar-refractivity contribution >= 4 is 39.1 Å². The van der Waals surface area contributed by atoms with Crippen LogP contribution in [0.4, 0.5) is 18.9 Å². The number of anilines is 1. The molecule has 1 N–H and O–H groups in total. The number of hydrogen-bond donors (Lipinski definition) is 1. The van der Waals surface area contributed by atoms with Crippen LogP contribution in [0.2, 0.25) is 5.02 Å². The predicted molar refractivity (Wildman–Crippen MR) is 80.4 cm³/mol. The van der Waals surface area contributed by atoms with Crippen molar-refractivity contribution in [2.75, 3.05) is 19.5 Å². The molecular weight excluding hydrogens is 391 g/mol. The van der Waals surface area contributed by atoms with Gasteiger partial charge in [-0.3, -0.25) is 0 Å². The molecule has 0 saturated heterocycles. The molecule has 0 aromatic heterocycles. The van der Waals surface area contributed by atoms with Crippen LogP contribution >= 0.6 is 11.6 Å². The number of hydrogen-bond acceptors (Lipinski definition) is 7. The number of carbonyl (C=O) groups is 2. The Morgan fingerprint density at radius 2 is 1.80 bits per heavy atom. The van der Waals surface area contributed by atoms with Crippen molar-refractivity contribution in [3.05, 3.63) is 35.0 Å². The minimum Gasteiger partial charge on any atom is -0.466 e. The Balaban J connectivity index is 3.38. The molecule has 0 aliphatic rings. The third kappa shape index (κ3) is 4.86. The van der Waals surface area contributed by atoms with Crippen molar-refractivity contribution in [3.8, 4) is 0 Å². The number of alkyl halides is 3. The fourth-order valence-corrected chi connectivity index (χ4v) is 2.43. The highest BCUT2D eigenvalue weighted by molar-refractivity contribution is 7.92. The van der Waals surface area contributed by atoms with Gasteiger partial charge in [0.1, 0.15) is 5.70 Å². The van der Waals surface area contributed by atoms with Crippen LogP contribution in [-0.2, 0) is 28.9 Å². The van der Waals surface area contributed by atoms with E-state index in [0.717, 1.165) is 20.3 Å². The van der Waals surface area contributed by atoms with Gasteiger partial charge >= 0.3 is 17.4 Å². The van der Waals surface area contributed by atoms with Crippen LogP contribution < -0.4 is 5.32 Å². The van der Waals surface area contributed by atoms with Gasteiger partial charge in [0.15, 0.2) is 0 Å². The molecule has 25 heavy (non-hydrogen) atoms. The third-order valence-electron chi connectivity index (χ3n) is 2.69. The van der Waals surface area contributed by atoms with Gasteiger partial charge in [-0.25, -0.2) is 18.0 Å². The van der Waals surface area contributed by atoms with Gasteiger partial charge in [-0.1, -0.05) is 11.6 Å². The molecule has 1 aromatic rings. The average Bonchev–Trinajstić information content (AvgIpc) is 2.53. The lowest BCUT2D eigenvalue weighted by Crippen LogP contribution is -2.23. The molecule has 0 amide bonds. The summed E-state index contributed by atoms with van der Waals surface area (Å²) < 4.78 is 69.5. The Kier molecular flexibility index (Phi) is 6.43. The second kappa shape index (κ2) is 7.74. The number of nitrogens with one attached hydrogen (secondary N) is 1. The highest BCUT2D eigenvalue weighted by Crippen LogP contribution is 2.34. The summed E-state index contributed by atoms with van der Waals surface area (Å²) in [7, 11) is -3.62. The SMILES string of the molecule is COC(=O)/C=C(/Nc1cc(S(=O)(=O)C(F)(F)F)ccc1Cl)C(=O)OC. The van der Waals surface area contributed by atoms with E-state index in [9.17, 15) is 31.2 Å². The Bertz CT molecular complexity index is 820. The Morgan fingerprint density at radius 3 is 2.28 bits per heavy atom. The standard InChI is InChI=1S/C13H11ClF3NO6S/c1-23-11(19)6-10(12(20)24-2)18-9-5-7(3-4-8(9)14)25(21,22)13(15,16)17/h3-6,18H,1-2H3/b10-6+. The van der Waals surface area contributed by atoms with Crippen LogP contribution in [0.25, 0.3) is 0 Å². The van der Waals surface area contributed by atoms with Crippen molar-refractivity contribution < 1.29 is 40.7 Å². The first-order chi connectivity index (χ1) is 11.4. The molecule has 0 unspecified atom stereocenters. The second-order valence-electron chi connectivity index (χ2n) is 4.29. The quantitative estimate of drug-likeness (QED) is 0.597. The lowest BCUT2D eigenvalue weighted by atomic mass is 10.3. The highest BCUT2D eigenvalue weighted by Gasteiger charge is 2.47. The van der Waals surface area contributed by atoms with Crippen LogP contribution in [0.5, 0.6) is 0 Å². The van der Waals surface area contributed by atoms with Crippen LogP contribution in [0.1, 0.15) is 0 Å². The number of benzene rings is 1. The summed E-state index contributed by atoms with van der Waals surface area (Å²) in [6.45, 7) is 0. The third-order valence-corrected chi connectivity index (χ3v) is 4.50. The van der Waals surface area contributed by atoms with Crippen molar-refractivity contribution in [1.82, 2.24) is 0 Å². The van der Waals surface area contributed by atoms with Gasteiger partial charge in [-0.05, 0) is 18.2 Å². The smallest absolute Gasteiger partial charge is 0.466 e. The molecule has 0 aliphatic carbocycles. The van der Waals surface area contributed by atoms with E-state index in [1.807, 2.05) is 0 Å². The molecule has 7 nitrogen and oxygen atoms in total. The minimum absolute atomic E-state index is 0.208. The van der Waals surface area contributed by atoms with Crippen molar-refractivity contribution in [3.63, 3.8) is 0 Å². The number of ether oxygens (including phenoxy) is 2. The molecule has 0 bridgehead atoms. The minimum atomic E-state index is -5.63. The van der Waals surface area contributed by atoms with Gasteiger partial charge in [-0.2, -0.15) is 13.2 Å². The summed E-state index contributed by atoms with van der Waals surface area (Å²) in [6.07, 6.45) is 0.660. The molecule has 0 spiro atoms. The first kappa shape index (κ1) is 20.8. The van der Waals surface area contributed by atoms with Crippen LogP contribution in [0.15, 0.2) is 34.9 Å². The van der Waals surface area contributed by atoms with Crippen molar-refractivity contribution in [2.45, 2.75) is 10.4 Å². The zero-order valence-electron chi connectivity index (χ0n) is 12.7. The predicted octanol–water partition coefficient (Wildman–Crippen LogP) is 2.28. The number of methoxy groups -OCH3 is 2. The second-order valence-corrected chi connectivity index (χ2v) is 6.64. The highest BCUT2D eigenvalue weighted by atomic mass is 35.5. The van der Waals surface area contributed by atoms with Crippen molar-refractivity contribution in [1.29, 1.82) is 0 Å². The van der Waals surface area contributed by atoms with E-state index in [0.29, 0.717) is 18.2 Å². The van der Waals surface area contributed by atoms with Crippen molar-refractivity contribution in [2.24, 2.45) is 0 Å². The Morgan fingerprint density at radius 1 is 1.20 bits per heavy atom. The Labute approximate surface area is 145 Å². The lowest BCUT2D eigenvalue weighted by molar-refractivity contribution is -0.138. The number of carbonyl (C=O) groups excluding carboxylic acids is 2. The normalized spacial score (nSPS) is 12.5. The van der Waals surface area contributed by atoms with Gasteiger partial charge in [-0.15, -0.1) is 0 Å². The van der Waals surface area contributed by atoms with E-state index in [-0.39, 0.29) is 10.7 Å². The van der Waals surface area contributed by atoms with Crippen LogP contribution in [-0.4, -0.2) is 40.1 Å². The largest absolute Gasteiger partial charge is 0.501 e. The number of esters is 2. The topological polar surface area (TPSA) is 98.8 Å². The van der Waals surface area contributed by atoms with E-state index in [1.54, 1.807) is 0 Å². The molecule has 12 heteroatoms. The molecule has 0 atom stereocenters. The van der Waals surface area contributed by atoms with E-state index >= 15 is 0 Å². The van der Waals surface area contributed by atoms with Gasteiger partial charge in [0.05, 0.1) is 35.9 Å². The summed E-state index contributed by atoms with van der Waals surface area (Å²) in [5.74, 6) is -2.03. The van der Waals surface area contributed by atoms with E-state index in [1.165, 1.54) is 0 Å². The molecule has 1 rings (SSSR count). The maximum Gasteiger partial charge on any atom is 0.501 e. The average molecular weight is 402 g/mol. The van der Waals surface area contributed by atoms with Gasteiger partial charge in [0.2, 0.25) is 0 Å². The van der Waals surface area contributed by atoms with Gasteiger partial charge in [0, 0.05) is 0 Å². The molecule has 0 aliphatic heterocycles. The van der Waals surface area contributed by atoms with Crippen LogP contribution in [0, 0.1) is 0 Å². The van der Waals surface area contributed by atoms with E-state index in [4.69, 9.17) is 11.6 Å². The zero-order valence-corrected chi connectivity index (χ0v) is 14.3. The molecule has 0 saturated carbocycles. The summed E-state index contributed by atoms with van der Waals surface area (Å²) >= 11 is 5.79. The molecule has 0 heterocycles. The number of halogens is 4. The van der Waals surface area contributed by atoms with E-state index < -0.39 is 37.9 Å².